The first-order valence-electron chi connectivity index (χ1n) is 5.51. The average Bonchev–Trinajstić information content (AvgIpc) is 3.00. The standard InChI is InChI=1S/C13H17F/c1-3-9(2)11-6-7-12(10-4-5-10)13(14)8-11/h6-10H,3-5H2,1-2H3. The summed E-state index contributed by atoms with van der Waals surface area (Å²) in [5.74, 6) is 0.990. The molecule has 0 bridgehead atoms. The van der Waals surface area contributed by atoms with E-state index >= 15 is 0 Å². The summed E-state index contributed by atoms with van der Waals surface area (Å²) in [4.78, 5) is 0. The predicted molar refractivity (Wildman–Crippen MR) is 57.1 cm³/mol. The molecule has 1 saturated carbocycles. The van der Waals surface area contributed by atoms with Crippen LogP contribution in [-0.2, 0) is 0 Å². The van der Waals surface area contributed by atoms with Crippen LogP contribution in [0.4, 0.5) is 4.39 Å². The lowest BCUT2D eigenvalue weighted by atomic mass is 9.96. The summed E-state index contributed by atoms with van der Waals surface area (Å²) in [6.07, 6.45) is 3.40. The van der Waals surface area contributed by atoms with Gasteiger partial charge in [0.1, 0.15) is 5.82 Å². The minimum absolute atomic E-state index is 0.00491. The second-order valence-electron chi connectivity index (χ2n) is 4.36. The molecule has 0 radical (unpaired) electrons. The topological polar surface area (TPSA) is 0 Å². The second-order valence-corrected chi connectivity index (χ2v) is 4.36. The molecule has 0 amide bonds. The molecule has 1 aliphatic carbocycles. The second kappa shape index (κ2) is 3.72. The van der Waals surface area contributed by atoms with Crippen LogP contribution in [0.3, 0.4) is 0 Å². The fourth-order valence-electron chi connectivity index (χ4n) is 1.81. The van der Waals surface area contributed by atoms with Crippen molar-refractivity contribution in [1.82, 2.24) is 0 Å². The zero-order chi connectivity index (χ0) is 10.1. The Morgan fingerprint density at radius 1 is 1.43 bits per heavy atom. The van der Waals surface area contributed by atoms with Crippen LogP contribution in [0.15, 0.2) is 18.2 Å². The van der Waals surface area contributed by atoms with Gasteiger partial charge in [-0.15, -0.1) is 0 Å². The van der Waals surface area contributed by atoms with E-state index in [1.165, 1.54) is 12.8 Å². The van der Waals surface area contributed by atoms with Crippen molar-refractivity contribution < 1.29 is 4.39 Å². The molecule has 0 saturated heterocycles. The first-order chi connectivity index (χ1) is 6.72. The first kappa shape index (κ1) is 9.70. The van der Waals surface area contributed by atoms with Crippen molar-refractivity contribution in [2.75, 3.05) is 0 Å². The maximum Gasteiger partial charge on any atom is 0.126 e. The molecule has 0 heterocycles. The summed E-state index contributed by atoms with van der Waals surface area (Å²) in [5.41, 5.74) is 2.06. The van der Waals surface area contributed by atoms with Gasteiger partial charge in [-0.3, -0.25) is 0 Å². The number of benzene rings is 1. The highest BCUT2D eigenvalue weighted by Crippen LogP contribution is 2.41. The van der Waals surface area contributed by atoms with E-state index in [4.69, 9.17) is 0 Å². The quantitative estimate of drug-likeness (QED) is 0.672. The van der Waals surface area contributed by atoms with Crippen LogP contribution in [0.2, 0.25) is 0 Å². The molecule has 0 spiro atoms. The molecule has 0 nitrogen and oxygen atoms in total. The monoisotopic (exact) mass is 192 g/mol. The summed E-state index contributed by atoms with van der Waals surface area (Å²) >= 11 is 0. The molecule has 1 heteroatoms. The zero-order valence-electron chi connectivity index (χ0n) is 8.89. The van der Waals surface area contributed by atoms with Crippen molar-refractivity contribution in [2.24, 2.45) is 0 Å². The molecule has 1 aromatic carbocycles. The minimum atomic E-state index is 0.00491. The highest BCUT2D eigenvalue weighted by Gasteiger charge is 2.26. The highest BCUT2D eigenvalue weighted by atomic mass is 19.1. The molecule has 1 aliphatic rings. The molecule has 0 aromatic heterocycles. The van der Waals surface area contributed by atoms with Crippen molar-refractivity contribution in [3.8, 4) is 0 Å². The summed E-state index contributed by atoms with van der Waals surface area (Å²) in [6.45, 7) is 4.28. The Hall–Kier alpha value is -0.850. The van der Waals surface area contributed by atoms with Crippen molar-refractivity contribution in [3.05, 3.63) is 35.1 Å². The van der Waals surface area contributed by atoms with Gasteiger partial charge in [-0.2, -0.15) is 0 Å². The lowest BCUT2D eigenvalue weighted by molar-refractivity contribution is 0.603. The van der Waals surface area contributed by atoms with Crippen molar-refractivity contribution in [2.45, 2.75) is 44.9 Å². The fourth-order valence-corrected chi connectivity index (χ4v) is 1.81. The first-order valence-corrected chi connectivity index (χ1v) is 5.51. The number of halogens is 1. The van der Waals surface area contributed by atoms with E-state index in [-0.39, 0.29) is 5.82 Å². The van der Waals surface area contributed by atoms with Crippen LogP contribution in [-0.4, -0.2) is 0 Å². The molecule has 1 aromatic rings. The van der Waals surface area contributed by atoms with E-state index in [1.54, 1.807) is 6.07 Å². The third kappa shape index (κ3) is 1.82. The van der Waals surface area contributed by atoms with Gasteiger partial charge in [0.15, 0.2) is 0 Å². The van der Waals surface area contributed by atoms with E-state index in [0.717, 1.165) is 17.5 Å². The zero-order valence-corrected chi connectivity index (χ0v) is 8.89. The summed E-state index contributed by atoms with van der Waals surface area (Å²) < 4.78 is 13.6. The Bertz CT molecular complexity index is 326. The lowest BCUT2D eigenvalue weighted by Gasteiger charge is -2.10. The third-order valence-corrected chi connectivity index (χ3v) is 3.22. The van der Waals surface area contributed by atoms with Crippen LogP contribution in [0.25, 0.3) is 0 Å². The largest absolute Gasteiger partial charge is 0.207 e. The fraction of sp³-hybridized carbons (Fsp3) is 0.538. The molecule has 2 rings (SSSR count). The number of hydrogen-bond acceptors (Lipinski definition) is 0. The molecule has 0 aliphatic heterocycles. The Kier molecular flexibility index (Phi) is 2.58. The molecule has 14 heavy (non-hydrogen) atoms. The van der Waals surface area contributed by atoms with E-state index < -0.39 is 0 Å². The average molecular weight is 192 g/mol. The summed E-state index contributed by atoms with van der Waals surface area (Å²) in [6, 6.07) is 5.79. The maximum atomic E-state index is 13.6. The molecular weight excluding hydrogens is 175 g/mol. The molecule has 1 atom stereocenters. The Balaban J connectivity index is 2.25. The smallest absolute Gasteiger partial charge is 0.126 e. The van der Waals surface area contributed by atoms with Gasteiger partial charge in [-0.25, -0.2) is 4.39 Å². The van der Waals surface area contributed by atoms with Crippen LogP contribution in [0.5, 0.6) is 0 Å². The Labute approximate surface area is 85.1 Å². The molecule has 76 valence electrons. The van der Waals surface area contributed by atoms with E-state index in [2.05, 4.69) is 19.9 Å². The van der Waals surface area contributed by atoms with E-state index in [0.29, 0.717) is 11.8 Å². The van der Waals surface area contributed by atoms with Crippen LogP contribution >= 0.6 is 0 Å². The van der Waals surface area contributed by atoms with Crippen LogP contribution in [0.1, 0.15) is 56.1 Å². The summed E-state index contributed by atoms with van der Waals surface area (Å²) in [5, 5.41) is 0. The van der Waals surface area contributed by atoms with Gasteiger partial charge in [-0.1, -0.05) is 26.0 Å². The molecule has 0 N–H and O–H groups in total. The maximum absolute atomic E-state index is 13.6. The van der Waals surface area contributed by atoms with Crippen LogP contribution < -0.4 is 0 Å². The van der Waals surface area contributed by atoms with Gasteiger partial charge < -0.3 is 0 Å². The van der Waals surface area contributed by atoms with Gasteiger partial charge >= 0.3 is 0 Å². The molecule has 1 unspecified atom stereocenters. The number of hydrogen-bond donors (Lipinski definition) is 0. The van der Waals surface area contributed by atoms with Gasteiger partial charge in [0.05, 0.1) is 0 Å². The van der Waals surface area contributed by atoms with Gasteiger partial charge in [-0.05, 0) is 48.3 Å². The molecular formula is C13H17F. The number of rotatable bonds is 3. The normalized spacial score (nSPS) is 18.2. The van der Waals surface area contributed by atoms with Gasteiger partial charge in [0, 0.05) is 0 Å². The van der Waals surface area contributed by atoms with Crippen molar-refractivity contribution >= 4 is 0 Å². The predicted octanol–water partition coefficient (Wildman–Crippen LogP) is 4.22. The van der Waals surface area contributed by atoms with Crippen molar-refractivity contribution in [3.63, 3.8) is 0 Å². The Morgan fingerprint density at radius 2 is 2.14 bits per heavy atom. The van der Waals surface area contributed by atoms with Gasteiger partial charge in [0.25, 0.3) is 0 Å². The van der Waals surface area contributed by atoms with E-state index in [9.17, 15) is 4.39 Å². The minimum Gasteiger partial charge on any atom is -0.207 e. The summed E-state index contributed by atoms with van der Waals surface area (Å²) in [7, 11) is 0. The van der Waals surface area contributed by atoms with Crippen LogP contribution in [0, 0.1) is 5.82 Å². The van der Waals surface area contributed by atoms with Gasteiger partial charge in [0.2, 0.25) is 0 Å². The van der Waals surface area contributed by atoms with E-state index in [1.807, 2.05) is 6.07 Å². The third-order valence-electron chi connectivity index (χ3n) is 3.22. The SMILES string of the molecule is CCC(C)c1ccc(C2CC2)c(F)c1. The lowest BCUT2D eigenvalue weighted by Crippen LogP contribution is -1.95. The molecule has 1 fully saturated rings. The highest BCUT2D eigenvalue weighted by molar-refractivity contribution is 5.31. The Morgan fingerprint density at radius 3 is 2.64 bits per heavy atom. The van der Waals surface area contributed by atoms with Crippen molar-refractivity contribution in [1.29, 1.82) is 0 Å².